The zero-order valence-electron chi connectivity index (χ0n) is 12.2. The maximum Gasteiger partial charge on any atom is 0.303 e. The van der Waals surface area contributed by atoms with Gasteiger partial charge >= 0.3 is 5.97 Å². The lowest BCUT2D eigenvalue weighted by molar-refractivity contribution is -0.137. The summed E-state index contributed by atoms with van der Waals surface area (Å²) in [5, 5.41) is 11.9. The summed E-state index contributed by atoms with van der Waals surface area (Å²) >= 11 is 0. The van der Waals surface area contributed by atoms with Crippen molar-refractivity contribution >= 4 is 17.6 Å². The Kier molecular flexibility index (Phi) is 6.03. The normalized spacial score (nSPS) is 11.8. The molecule has 0 aliphatic carbocycles. The van der Waals surface area contributed by atoms with Crippen LogP contribution in [-0.4, -0.2) is 42.0 Å². The quantitative estimate of drug-likeness (QED) is 0.800. The largest absolute Gasteiger partial charge is 0.481 e. The van der Waals surface area contributed by atoms with E-state index >= 15 is 0 Å². The Morgan fingerprint density at radius 3 is 2.35 bits per heavy atom. The van der Waals surface area contributed by atoms with Crippen molar-refractivity contribution in [2.45, 2.75) is 32.2 Å². The highest BCUT2D eigenvalue weighted by Gasteiger charge is 2.07. The summed E-state index contributed by atoms with van der Waals surface area (Å²) in [6.07, 6.45) is 1.13. The highest BCUT2D eigenvalue weighted by atomic mass is 16.4. The van der Waals surface area contributed by atoms with Gasteiger partial charge in [-0.3, -0.25) is 9.59 Å². The molecule has 0 saturated carbocycles. The smallest absolute Gasteiger partial charge is 0.303 e. The second kappa shape index (κ2) is 7.53. The Morgan fingerprint density at radius 2 is 1.85 bits per heavy atom. The molecule has 0 spiro atoms. The number of amides is 1. The van der Waals surface area contributed by atoms with Crippen LogP contribution in [-0.2, 0) is 16.0 Å². The van der Waals surface area contributed by atoms with Crippen LogP contribution in [0.25, 0.3) is 0 Å². The van der Waals surface area contributed by atoms with E-state index in [1.807, 2.05) is 31.2 Å². The van der Waals surface area contributed by atoms with E-state index in [9.17, 15) is 9.59 Å². The minimum absolute atomic E-state index is 0.0699. The third-order valence-corrected chi connectivity index (χ3v) is 3.01. The van der Waals surface area contributed by atoms with Gasteiger partial charge in [0.05, 0.1) is 6.42 Å². The van der Waals surface area contributed by atoms with Gasteiger partial charge in [0.15, 0.2) is 0 Å². The van der Waals surface area contributed by atoms with Crippen molar-refractivity contribution in [3.63, 3.8) is 0 Å². The Balaban J connectivity index is 2.50. The fraction of sp³-hybridized carbons (Fsp3) is 0.467. The first-order valence-corrected chi connectivity index (χ1v) is 6.66. The number of nitrogens with one attached hydrogen (secondary N) is 1. The molecular formula is C15H22N2O3. The van der Waals surface area contributed by atoms with Crippen molar-refractivity contribution in [3.8, 4) is 0 Å². The predicted octanol–water partition coefficient (Wildman–Crippen LogP) is 1.98. The Labute approximate surface area is 119 Å². The van der Waals surface area contributed by atoms with E-state index < -0.39 is 5.97 Å². The van der Waals surface area contributed by atoms with Crippen LogP contribution in [0.4, 0.5) is 5.69 Å². The van der Waals surface area contributed by atoms with Gasteiger partial charge in [0.25, 0.3) is 0 Å². The molecule has 1 atom stereocenters. The van der Waals surface area contributed by atoms with Crippen LogP contribution < -0.4 is 5.32 Å². The van der Waals surface area contributed by atoms with E-state index in [1.165, 1.54) is 0 Å². The molecule has 0 radical (unpaired) electrons. The van der Waals surface area contributed by atoms with Gasteiger partial charge in [0.2, 0.25) is 5.91 Å². The van der Waals surface area contributed by atoms with Crippen LogP contribution in [0.5, 0.6) is 0 Å². The first kappa shape index (κ1) is 16.0. The third-order valence-electron chi connectivity index (χ3n) is 3.01. The summed E-state index contributed by atoms with van der Waals surface area (Å²) in [6.45, 7) is 1.95. The van der Waals surface area contributed by atoms with Crippen LogP contribution >= 0.6 is 0 Å². The van der Waals surface area contributed by atoms with E-state index in [4.69, 9.17) is 5.11 Å². The average Bonchev–Trinajstić information content (AvgIpc) is 2.38. The van der Waals surface area contributed by atoms with Gasteiger partial charge in [-0.15, -0.1) is 0 Å². The molecule has 0 saturated heterocycles. The molecule has 0 fully saturated rings. The van der Waals surface area contributed by atoms with Crippen LogP contribution in [0, 0.1) is 0 Å². The number of carboxylic acid groups (broad SMARTS) is 1. The lowest BCUT2D eigenvalue weighted by atomic mass is 10.1. The number of rotatable bonds is 7. The fourth-order valence-corrected chi connectivity index (χ4v) is 1.75. The number of nitrogens with zero attached hydrogens (tertiary/aromatic N) is 1. The summed E-state index contributed by atoms with van der Waals surface area (Å²) in [5.74, 6) is -0.711. The first-order valence-electron chi connectivity index (χ1n) is 6.66. The standard InChI is InChI=1S/C15H22N2O3/c1-11(4-9-15(19)20)16-13-7-5-12(6-8-13)10-14(18)17(2)3/h5-8,11,16H,4,9-10H2,1-3H3,(H,19,20). The number of carbonyl (C=O) groups is 2. The van der Waals surface area contributed by atoms with E-state index in [2.05, 4.69) is 5.32 Å². The molecule has 5 nitrogen and oxygen atoms in total. The van der Waals surface area contributed by atoms with Gasteiger partial charge < -0.3 is 15.3 Å². The zero-order valence-corrected chi connectivity index (χ0v) is 12.2. The van der Waals surface area contributed by atoms with Gasteiger partial charge in [-0.1, -0.05) is 12.1 Å². The zero-order chi connectivity index (χ0) is 15.1. The summed E-state index contributed by atoms with van der Waals surface area (Å²) in [4.78, 5) is 23.6. The Morgan fingerprint density at radius 1 is 1.25 bits per heavy atom. The molecule has 0 aliphatic rings. The van der Waals surface area contributed by atoms with Gasteiger partial charge in [-0.2, -0.15) is 0 Å². The number of anilines is 1. The number of likely N-dealkylation sites (N-methyl/N-ethyl adjacent to an activating group) is 1. The molecule has 5 heteroatoms. The van der Waals surface area contributed by atoms with E-state index in [1.54, 1.807) is 19.0 Å². The Bertz CT molecular complexity index is 455. The molecule has 1 unspecified atom stereocenters. The highest BCUT2D eigenvalue weighted by Crippen LogP contribution is 2.13. The fourth-order valence-electron chi connectivity index (χ4n) is 1.75. The van der Waals surface area contributed by atoms with Gasteiger partial charge in [0.1, 0.15) is 0 Å². The van der Waals surface area contributed by atoms with E-state index in [-0.39, 0.29) is 18.4 Å². The monoisotopic (exact) mass is 278 g/mol. The number of carbonyl (C=O) groups excluding carboxylic acids is 1. The summed E-state index contributed by atoms with van der Waals surface area (Å²) in [7, 11) is 3.48. The van der Waals surface area contributed by atoms with Crippen LogP contribution in [0.1, 0.15) is 25.3 Å². The molecule has 0 heterocycles. The number of carboxylic acids is 1. The Hall–Kier alpha value is -2.04. The van der Waals surface area contributed by atoms with E-state index in [0.29, 0.717) is 12.8 Å². The summed E-state index contributed by atoms with van der Waals surface area (Å²) < 4.78 is 0. The van der Waals surface area contributed by atoms with Crippen molar-refractivity contribution in [2.24, 2.45) is 0 Å². The molecule has 110 valence electrons. The number of hydrogen-bond donors (Lipinski definition) is 2. The lowest BCUT2D eigenvalue weighted by Crippen LogP contribution is -2.23. The average molecular weight is 278 g/mol. The number of aliphatic carboxylic acids is 1. The van der Waals surface area contributed by atoms with Crippen molar-refractivity contribution in [3.05, 3.63) is 29.8 Å². The number of hydrogen-bond acceptors (Lipinski definition) is 3. The van der Waals surface area contributed by atoms with Gasteiger partial charge in [0, 0.05) is 32.2 Å². The van der Waals surface area contributed by atoms with Crippen LogP contribution in [0.3, 0.4) is 0 Å². The third kappa shape index (κ3) is 5.73. The summed E-state index contributed by atoms with van der Waals surface area (Å²) in [5.41, 5.74) is 1.90. The molecule has 0 aromatic heterocycles. The first-order chi connectivity index (χ1) is 9.38. The van der Waals surface area contributed by atoms with Crippen molar-refractivity contribution in [1.29, 1.82) is 0 Å². The molecule has 1 aromatic rings. The number of benzene rings is 1. The molecule has 0 bridgehead atoms. The van der Waals surface area contributed by atoms with Gasteiger partial charge in [-0.25, -0.2) is 0 Å². The molecule has 1 rings (SSSR count). The maximum absolute atomic E-state index is 11.6. The highest BCUT2D eigenvalue weighted by molar-refractivity contribution is 5.78. The topological polar surface area (TPSA) is 69.6 Å². The molecule has 1 amide bonds. The molecule has 20 heavy (non-hydrogen) atoms. The second-order valence-electron chi connectivity index (χ2n) is 5.14. The molecule has 1 aromatic carbocycles. The van der Waals surface area contributed by atoms with E-state index in [0.717, 1.165) is 11.3 Å². The second-order valence-corrected chi connectivity index (χ2v) is 5.14. The maximum atomic E-state index is 11.6. The van der Waals surface area contributed by atoms with Crippen molar-refractivity contribution in [2.75, 3.05) is 19.4 Å². The minimum atomic E-state index is -0.781. The lowest BCUT2D eigenvalue weighted by Gasteiger charge is -2.15. The predicted molar refractivity (Wildman–Crippen MR) is 78.8 cm³/mol. The van der Waals surface area contributed by atoms with Crippen molar-refractivity contribution < 1.29 is 14.7 Å². The molecule has 2 N–H and O–H groups in total. The van der Waals surface area contributed by atoms with Crippen LogP contribution in [0.2, 0.25) is 0 Å². The van der Waals surface area contributed by atoms with Crippen molar-refractivity contribution in [1.82, 2.24) is 4.90 Å². The molecular weight excluding hydrogens is 256 g/mol. The molecule has 0 aliphatic heterocycles. The summed E-state index contributed by atoms with van der Waals surface area (Å²) in [6, 6.07) is 7.74. The minimum Gasteiger partial charge on any atom is -0.481 e. The van der Waals surface area contributed by atoms with Gasteiger partial charge in [-0.05, 0) is 31.0 Å². The van der Waals surface area contributed by atoms with Crippen LogP contribution in [0.15, 0.2) is 24.3 Å². The SMILES string of the molecule is CC(CCC(=O)O)Nc1ccc(CC(=O)N(C)C)cc1.